The fourth-order valence-corrected chi connectivity index (χ4v) is 6.52. The summed E-state index contributed by atoms with van der Waals surface area (Å²) in [4.78, 5) is 28.1. The number of phenols is 8. The van der Waals surface area contributed by atoms with Gasteiger partial charge in [-0.1, -0.05) is 29.4 Å². The first-order valence-corrected chi connectivity index (χ1v) is 15.9. The Hall–Kier alpha value is -6.16. The van der Waals surface area contributed by atoms with Crippen molar-refractivity contribution < 1.29 is 50.4 Å². The van der Waals surface area contributed by atoms with Crippen LogP contribution in [-0.4, -0.2) is 52.4 Å². The lowest BCUT2D eigenvalue weighted by Gasteiger charge is -2.37. The number of aromatic hydroxyl groups is 8. The molecule has 0 fully saturated rings. The van der Waals surface area contributed by atoms with E-state index in [1.54, 1.807) is 19.1 Å². The van der Waals surface area contributed by atoms with Gasteiger partial charge in [-0.3, -0.25) is 9.59 Å². The third kappa shape index (κ3) is 7.00. The largest absolute Gasteiger partial charge is 0.508 e. The van der Waals surface area contributed by atoms with E-state index in [0.29, 0.717) is 5.56 Å². The van der Waals surface area contributed by atoms with Crippen LogP contribution in [0.3, 0.4) is 0 Å². The lowest BCUT2D eigenvalue weighted by Crippen LogP contribution is -2.32. The van der Waals surface area contributed by atoms with Crippen molar-refractivity contribution in [2.24, 2.45) is 5.92 Å². The second-order valence-corrected chi connectivity index (χ2v) is 12.8. The van der Waals surface area contributed by atoms with Crippen LogP contribution in [0.2, 0.25) is 0 Å². The first kappa shape index (κ1) is 35.2. The van der Waals surface area contributed by atoms with Gasteiger partial charge in [0.1, 0.15) is 46.0 Å². The van der Waals surface area contributed by atoms with E-state index in [-0.39, 0.29) is 69.4 Å². The molecule has 4 aromatic rings. The summed E-state index contributed by atoms with van der Waals surface area (Å²) in [6.07, 6.45) is 6.25. The molecule has 0 aliphatic heterocycles. The number of benzene rings is 4. The Morgan fingerprint density at radius 1 is 0.740 bits per heavy atom. The van der Waals surface area contributed by atoms with Gasteiger partial charge in [0.25, 0.3) is 0 Å². The first-order chi connectivity index (χ1) is 23.7. The van der Waals surface area contributed by atoms with Crippen molar-refractivity contribution in [1.29, 1.82) is 0 Å². The molecule has 1 aliphatic rings. The van der Waals surface area contributed by atoms with E-state index in [2.05, 4.69) is 0 Å². The van der Waals surface area contributed by atoms with Gasteiger partial charge >= 0.3 is 0 Å². The summed E-state index contributed by atoms with van der Waals surface area (Å²) < 4.78 is 0. The molecule has 5 rings (SSSR count). The molecule has 1 aliphatic carbocycles. The van der Waals surface area contributed by atoms with Crippen molar-refractivity contribution in [2.45, 2.75) is 45.4 Å². The molecule has 0 aromatic heterocycles. The van der Waals surface area contributed by atoms with Crippen molar-refractivity contribution in [2.75, 3.05) is 0 Å². The third-order valence-corrected chi connectivity index (χ3v) is 9.00. The van der Waals surface area contributed by atoms with Gasteiger partial charge in [0.2, 0.25) is 0 Å². The molecule has 3 atom stereocenters. The maximum atomic E-state index is 14.7. The molecule has 0 amide bonds. The van der Waals surface area contributed by atoms with Crippen LogP contribution >= 0.6 is 0 Å². The van der Waals surface area contributed by atoms with Crippen LogP contribution in [0.25, 0.3) is 6.08 Å². The normalized spacial score (nSPS) is 17.3. The number of hydrogen-bond acceptors (Lipinski definition) is 10. The smallest absolute Gasteiger partial charge is 0.189 e. The molecule has 258 valence electrons. The standard InChI is InChI=1S/C40H38O10/c1-20(2)4-9-26-32(44)14-12-28(38(26)48)40(50)36-29(25-10-8-24(42)19-35(25)47)16-21(3)17-30(36)37-33(45)15-11-27(39(37)49)31(43)13-6-22-5-7-23(41)18-34(22)46/h4-8,10-15,17-19,29-30,36,41-42,44-49H,9,16H2,1-3H3/t29-,30+,36-/m1/s1. The number of hydrogen-bond donors (Lipinski definition) is 8. The van der Waals surface area contributed by atoms with E-state index in [1.165, 1.54) is 54.6 Å². The zero-order valence-corrected chi connectivity index (χ0v) is 27.6. The molecule has 0 saturated heterocycles. The Morgan fingerprint density at radius 2 is 1.38 bits per heavy atom. The molecule has 0 unspecified atom stereocenters. The summed E-state index contributed by atoms with van der Waals surface area (Å²) in [6.45, 7) is 5.48. The molecule has 10 heteroatoms. The van der Waals surface area contributed by atoms with Gasteiger partial charge in [-0.15, -0.1) is 0 Å². The highest BCUT2D eigenvalue weighted by Crippen LogP contribution is 2.53. The van der Waals surface area contributed by atoms with Gasteiger partial charge in [0.15, 0.2) is 11.6 Å². The molecular formula is C40H38O10. The molecular weight excluding hydrogens is 640 g/mol. The van der Waals surface area contributed by atoms with Crippen molar-refractivity contribution >= 4 is 17.6 Å². The summed E-state index contributed by atoms with van der Waals surface area (Å²) in [5.41, 5.74) is 1.82. The highest BCUT2D eigenvalue weighted by atomic mass is 16.3. The van der Waals surface area contributed by atoms with Crippen LogP contribution in [-0.2, 0) is 6.42 Å². The Labute approximate surface area is 288 Å². The SMILES string of the molecule is CC(C)=CCc1c(O)ccc(C(=O)[C@H]2[C@@H](c3c(O)ccc(C(=O)C=Cc4ccc(O)cc4O)c3O)C=C(C)C[C@@H]2c2ccc(O)cc2O)c1O. The molecule has 0 spiro atoms. The molecule has 8 N–H and O–H groups in total. The third-order valence-electron chi connectivity index (χ3n) is 9.00. The van der Waals surface area contributed by atoms with Crippen LogP contribution in [0.4, 0.5) is 0 Å². The molecule has 0 radical (unpaired) electrons. The number of phenolic OH excluding ortho intramolecular Hbond substituents is 8. The molecule has 50 heavy (non-hydrogen) atoms. The van der Waals surface area contributed by atoms with Crippen LogP contribution in [0.5, 0.6) is 46.0 Å². The topological polar surface area (TPSA) is 196 Å². The fourth-order valence-electron chi connectivity index (χ4n) is 6.52. The van der Waals surface area contributed by atoms with E-state index in [1.807, 2.05) is 13.8 Å². The minimum Gasteiger partial charge on any atom is -0.508 e. The molecule has 0 heterocycles. The predicted octanol–water partition coefficient (Wildman–Crippen LogP) is 7.45. The molecule has 10 nitrogen and oxygen atoms in total. The van der Waals surface area contributed by atoms with Gasteiger partial charge < -0.3 is 40.9 Å². The van der Waals surface area contributed by atoms with E-state index in [4.69, 9.17) is 0 Å². The van der Waals surface area contributed by atoms with Crippen molar-refractivity contribution in [1.82, 2.24) is 0 Å². The number of Topliss-reactive ketones (excluding diaryl/α,β-unsaturated/α-hetero) is 1. The van der Waals surface area contributed by atoms with Crippen molar-refractivity contribution in [3.8, 4) is 46.0 Å². The predicted molar refractivity (Wildman–Crippen MR) is 187 cm³/mol. The number of carbonyl (C=O) groups is 2. The van der Waals surface area contributed by atoms with Gasteiger partial charge in [0.05, 0.1) is 11.1 Å². The van der Waals surface area contributed by atoms with Crippen LogP contribution in [0, 0.1) is 5.92 Å². The summed E-state index contributed by atoms with van der Waals surface area (Å²) in [6, 6.07) is 12.8. The minimum atomic E-state index is -1.19. The summed E-state index contributed by atoms with van der Waals surface area (Å²) in [5, 5.41) is 85.5. The maximum absolute atomic E-state index is 14.7. The first-order valence-electron chi connectivity index (χ1n) is 15.9. The second-order valence-electron chi connectivity index (χ2n) is 12.8. The maximum Gasteiger partial charge on any atom is 0.189 e. The van der Waals surface area contributed by atoms with Crippen molar-refractivity contribution in [3.63, 3.8) is 0 Å². The van der Waals surface area contributed by atoms with Crippen LogP contribution in [0.1, 0.15) is 82.0 Å². The number of ketones is 2. The van der Waals surface area contributed by atoms with E-state index in [9.17, 15) is 50.4 Å². The quantitative estimate of drug-likeness (QED) is 0.0500. The number of rotatable bonds is 9. The van der Waals surface area contributed by atoms with E-state index < -0.39 is 46.6 Å². The van der Waals surface area contributed by atoms with Crippen LogP contribution < -0.4 is 0 Å². The van der Waals surface area contributed by atoms with E-state index in [0.717, 1.165) is 29.4 Å². The number of allylic oxidation sites excluding steroid dienone is 5. The average molecular weight is 679 g/mol. The number of carbonyl (C=O) groups excluding carboxylic acids is 2. The summed E-state index contributed by atoms with van der Waals surface area (Å²) in [5.74, 6) is -7.01. The fraction of sp³-hybridized carbons (Fsp3) is 0.200. The van der Waals surface area contributed by atoms with Crippen LogP contribution in [0.15, 0.2) is 90.0 Å². The minimum absolute atomic E-state index is 0.130. The molecule has 0 saturated carbocycles. The van der Waals surface area contributed by atoms with Crippen molar-refractivity contribution in [3.05, 3.63) is 123 Å². The molecule has 4 aromatic carbocycles. The highest BCUT2D eigenvalue weighted by Gasteiger charge is 2.43. The lowest BCUT2D eigenvalue weighted by atomic mass is 9.65. The monoisotopic (exact) mass is 678 g/mol. The van der Waals surface area contributed by atoms with Gasteiger partial charge in [-0.05, 0) is 93.8 Å². The Morgan fingerprint density at radius 3 is 2.04 bits per heavy atom. The highest BCUT2D eigenvalue weighted by molar-refractivity contribution is 6.09. The Balaban J connectivity index is 1.67. The Kier molecular flexibility index (Phi) is 9.94. The average Bonchev–Trinajstić information content (AvgIpc) is 3.03. The summed E-state index contributed by atoms with van der Waals surface area (Å²) in [7, 11) is 0. The van der Waals surface area contributed by atoms with Gasteiger partial charge in [-0.2, -0.15) is 0 Å². The van der Waals surface area contributed by atoms with Gasteiger partial charge in [0, 0.05) is 46.6 Å². The van der Waals surface area contributed by atoms with Gasteiger partial charge in [-0.25, -0.2) is 0 Å². The molecule has 0 bridgehead atoms. The Bertz CT molecular complexity index is 2080. The zero-order valence-electron chi connectivity index (χ0n) is 27.6. The summed E-state index contributed by atoms with van der Waals surface area (Å²) >= 11 is 0. The zero-order chi connectivity index (χ0) is 36.4. The second kappa shape index (κ2) is 14.1. The lowest BCUT2D eigenvalue weighted by molar-refractivity contribution is 0.0876. The van der Waals surface area contributed by atoms with E-state index >= 15 is 0 Å².